The van der Waals surface area contributed by atoms with Crippen LogP contribution in [0.25, 0.3) is 0 Å². The van der Waals surface area contributed by atoms with Crippen LogP contribution in [-0.2, 0) is 0 Å². The van der Waals surface area contributed by atoms with Crippen LogP contribution in [0.5, 0.6) is 0 Å². The lowest BCUT2D eigenvalue weighted by molar-refractivity contribution is 0.411. The Labute approximate surface area is 134 Å². The van der Waals surface area contributed by atoms with Crippen LogP contribution in [0, 0.1) is 0 Å². The number of pyridine rings is 1. The van der Waals surface area contributed by atoms with Gasteiger partial charge in [0.1, 0.15) is 0 Å². The lowest BCUT2D eigenvalue weighted by atomic mass is 9.82. The molecule has 1 fully saturated rings. The number of hydrogen-bond acceptors (Lipinski definition) is 2. The van der Waals surface area contributed by atoms with Crippen LogP contribution in [0.1, 0.15) is 62.5 Å². The molecule has 3 rings (SSSR count). The van der Waals surface area contributed by atoms with E-state index in [9.17, 15) is 0 Å². The maximum Gasteiger partial charge on any atom is 0.0377 e. The molecule has 1 aliphatic rings. The zero-order valence-electron chi connectivity index (χ0n) is 13.6. The third-order valence-electron chi connectivity index (χ3n) is 4.83. The van der Waals surface area contributed by atoms with Crippen molar-refractivity contribution >= 4 is 5.69 Å². The first-order valence-electron chi connectivity index (χ1n) is 8.49. The predicted molar refractivity (Wildman–Crippen MR) is 93.4 cm³/mol. The van der Waals surface area contributed by atoms with Gasteiger partial charge in [-0.3, -0.25) is 4.98 Å². The minimum Gasteiger partial charge on any atom is -0.382 e. The molecule has 2 aromatic rings. The Balaban J connectivity index is 1.61. The van der Waals surface area contributed by atoms with Crippen molar-refractivity contribution in [2.45, 2.75) is 57.4 Å². The molecular formula is C20H26N2. The van der Waals surface area contributed by atoms with Gasteiger partial charge in [-0.15, -0.1) is 0 Å². The summed E-state index contributed by atoms with van der Waals surface area (Å²) in [7, 11) is 0. The van der Waals surface area contributed by atoms with Crippen LogP contribution >= 0.6 is 0 Å². The van der Waals surface area contributed by atoms with Gasteiger partial charge < -0.3 is 5.32 Å². The standard InChI is InChI=1S/C20H26N2/c1-15(2)19-7-3-4-8-20(19)22-18-11-9-16(10-12-18)17-6-5-13-21-14-17/h3-8,13-16,18,22H,9-12H2,1-2H3/t16-,18-. The van der Waals surface area contributed by atoms with E-state index in [1.807, 2.05) is 12.4 Å². The highest BCUT2D eigenvalue weighted by Gasteiger charge is 2.23. The molecule has 0 bridgehead atoms. The third-order valence-corrected chi connectivity index (χ3v) is 4.83. The van der Waals surface area contributed by atoms with Crippen LogP contribution in [-0.4, -0.2) is 11.0 Å². The summed E-state index contributed by atoms with van der Waals surface area (Å²) in [6.07, 6.45) is 8.89. The number of nitrogens with one attached hydrogen (secondary N) is 1. The molecule has 0 aliphatic heterocycles. The zero-order valence-corrected chi connectivity index (χ0v) is 13.6. The number of benzene rings is 1. The Hall–Kier alpha value is -1.83. The van der Waals surface area contributed by atoms with Gasteiger partial charge in [-0.05, 0) is 60.8 Å². The van der Waals surface area contributed by atoms with Crippen LogP contribution in [0.2, 0.25) is 0 Å². The summed E-state index contributed by atoms with van der Waals surface area (Å²) in [4.78, 5) is 4.26. The summed E-state index contributed by atoms with van der Waals surface area (Å²) in [5, 5.41) is 3.79. The largest absolute Gasteiger partial charge is 0.382 e. The monoisotopic (exact) mass is 294 g/mol. The van der Waals surface area contributed by atoms with Crippen LogP contribution in [0.4, 0.5) is 5.69 Å². The molecule has 1 aliphatic carbocycles. The molecule has 2 nitrogen and oxygen atoms in total. The van der Waals surface area contributed by atoms with Crippen molar-refractivity contribution in [3.05, 3.63) is 59.9 Å². The minimum atomic E-state index is 0.565. The number of anilines is 1. The van der Waals surface area contributed by atoms with Crippen molar-refractivity contribution in [3.8, 4) is 0 Å². The van der Waals surface area contributed by atoms with E-state index in [2.05, 4.69) is 60.5 Å². The van der Waals surface area contributed by atoms with Crippen molar-refractivity contribution in [2.24, 2.45) is 0 Å². The molecule has 0 atom stereocenters. The number of hydrogen-bond donors (Lipinski definition) is 1. The summed E-state index contributed by atoms with van der Waals surface area (Å²) < 4.78 is 0. The molecule has 22 heavy (non-hydrogen) atoms. The molecule has 116 valence electrons. The van der Waals surface area contributed by atoms with E-state index in [0.29, 0.717) is 17.9 Å². The lowest BCUT2D eigenvalue weighted by Crippen LogP contribution is -2.26. The normalized spacial score (nSPS) is 21.8. The van der Waals surface area contributed by atoms with Crippen molar-refractivity contribution in [1.82, 2.24) is 4.98 Å². The summed E-state index contributed by atoms with van der Waals surface area (Å²) >= 11 is 0. The Morgan fingerprint density at radius 2 is 1.77 bits per heavy atom. The van der Waals surface area contributed by atoms with E-state index in [-0.39, 0.29) is 0 Å². The first kappa shape index (κ1) is 15.1. The van der Waals surface area contributed by atoms with Gasteiger partial charge in [0.2, 0.25) is 0 Å². The Kier molecular flexibility index (Phi) is 4.77. The average molecular weight is 294 g/mol. The number of para-hydroxylation sites is 1. The second kappa shape index (κ2) is 6.95. The summed E-state index contributed by atoms with van der Waals surface area (Å²) in [5.74, 6) is 1.25. The van der Waals surface area contributed by atoms with Gasteiger partial charge in [0, 0.05) is 24.1 Å². The minimum absolute atomic E-state index is 0.565. The van der Waals surface area contributed by atoms with Crippen LogP contribution in [0.15, 0.2) is 48.8 Å². The molecule has 1 N–H and O–H groups in total. The van der Waals surface area contributed by atoms with E-state index in [1.54, 1.807) is 0 Å². The Morgan fingerprint density at radius 3 is 2.45 bits per heavy atom. The molecule has 2 heteroatoms. The second-order valence-corrected chi connectivity index (χ2v) is 6.72. The van der Waals surface area contributed by atoms with Crippen molar-refractivity contribution in [3.63, 3.8) is 0 Å². The molecule has 0 unspecified atom stereocenters. The Morgan fingerprint density at radius 1 is 1.00 bits per heavy atom. The molecule has 1 aromatic carbocycles. The topological polar surface area (TPSA) is 24.9 Å². The molecule has 0 saturated heterocycles. The first-order valence-corrected chi connectivity index (χ1v) is 8.49. The fourth-order valence-corrected chi connectivity index (χ4v) is 3.54. The molecule has 1 saturated carbocycles. The molecule has 0 spiro atoms. The molecular weight excluding hydrogens is 268 g/mol. The van der Waals surface area contributed by atoms with E-state index in [1.165, 1.54) is 42.5 Å². The number of nitrogens with zero attached hydrogens (tertiary/aromatic N) is 1. The zero-order chi connectivity index (χ0) is 15.4. The highest BCUT2D eigenvalue weighted by Crippen LogP contribution is 2.34. The van der Waals surface area contributed by atoms with Crippen LogP contribution in [0.3, 0.4) is 0 Å². The summed E-state index contributed by atoms with van der Waals surface area (Å²) in [5.41, 5.74) is 4.16. The van der Waals surface area contributed by atoms with Gasteiger partial charge >= 0.3 is 0 Å². The molecule has 1 heterocycles. The van der Waals surface area contributed by atoms with E-state index in [0.717, 1.165) is 0 Å². The highest BCUT2D eigenvalue weighted by atomic mass is 14.9. The molecule has 0 radical (unpaired) electrons. The summed E-state index contributed by atoms with van der Waals surface area (Å²) in [6.45, 7) is 4.53. The van der Waals surface area contributed by atoms with Gasteiger partial charge in [-0.25, -0.2) is 0 Å². The summed E-state index contributed by atoms with van der Waals surface area (Å²) in [6, 6.07) is 13.6. The quantitative estimate of drug-likeness (QED) is 0.823. The first-order chi connectivity index (χ1) is 10.7. The Bertz CT molecular complexity index is 584. The number of rotatable bonds is 4. The highest BCUT2D eigenvalue weighted by molar-refractivity contribution is 5.53. The maximum absolute atomic E-state index is 4.26. The fourth-order valence-electron chi connectivity index (χ4n) is 3.54. The smallest absolute Gasteiger partial charge is 0.0377 e. The van der Waals surface area contributed by atoms with Gasteiger partial charge in [0.05, 0.1) is 0 Å². The van der Waals surface area contributed by atoms with Gasteiger partial charge in [-0.2, -0.15) is 0 Å². The SMILES string of the molecule is CC(C)c1ccccc1N[C@H]1CC[C@H](c2cccnc2)CC1. The number of aromatic nitrogens is 1. The molecule has 1 aromatic heterocycles. The van der Waals surface area contributed by atoms with Crippen molar-refractivity contribution in [2.75, 3.05) is 5.32 Å². The lowest BCUT2D eigenvalue weighted by Gasteiger charge is -2.30. The van der Waals surface area contributed by atoms with E-state index >= 15 is 0 Å². The fraction of sp³-hybridized carbons (Fsp3) is 0.450. The average Bonchev–Trinajstić information content (AvgIpc) is 2.57. The van der Waals surface area contributed by atoms with Gasteiger partial charge in [-0.1, -0.05) is 38.1 Å². The van der Waals surface area contributed by atoms with Crippen molar-refractivity contribution in [1.29, 1.82) is 0 Å². The van der Waals surface area contributed by atoms with E-state index < -0.39 is 0 Å². The van der Waals surface area contributed by atoms with Gasteiger partial charge in [0.25, 0.3) is 0 Å². The van der Waals surface area contributed by atoms with E-state index in [4.69, 9.17) is 0 Å². The maximum atomic E-state index is 4.26. The van der Waals surface area contributed by atoms with Gasteiger partial charge in [0.15, 0.2) is 0 Å². The third kappa shape index (κ3) is 3.49. The van der Waals surface area contributed by atoms with Crippen molar-refractivity contribution < 1.29 is 0 Å². The second-order valence-electron chi connectivity index (χ2n) is 6.72. The molecule has 0 amide bonds. The van der Waals surface area contributed by atoms with Crippen LogP contribution < -0.4 is 5.32 Å². The predicted octanol–water partition coefficient (Wildman–Crippen LogP) is 5.34.